The van der Waals surface area contributed by atoms with E-state index in [0.29, 0.717) is 22.5 Å². The van der Waals surface area contributed by atoms with Gasteiger partial charge in [0.2, 0.25) is 5.91 Å². The minimum absolute atomic E-state index is 0. The second-order valence-electron chi connectivity index (χ2n) is 8.53. The molecule has 0 bridgehead atoms. The SMILES string of the molecule is Cl.Cl.NC(CCN1CCC2(CC1)CCN(Cc1cccnc1)C2=O)c1ccc(Cl)c(Cl)c1. The van der Waals surface area contributed by atoms with Crippen LogP contribution in [0.15, 0.2) is 42.7 Å². The number of hydrogen-bond donors (Lipinski definition) is 1. The lowest BCUT2D eigenvalue weighted by Crippen LogP contribution is -2.45. The summed E-state index contributed by atoms with van der Waals surface area (Å²) in [6.07, 6.45) is 7.28. The Kier molecular flexibility index (Phi) is 10.1. The van der Waals surface area contributed by atoms with E-state index in [0.717, 1.165) is 63.0 Å². The lowest BCUT2D eigenvalue weighted by atomic mass is 9.77. The molecule has 1 aromatic carbocycles. The molecule has 3 heterocycles. The Morgan fingerprint density at radius 3 is 2.44 bits per heavy atom. The van der Waals surface area contributed by atoms with Gasteiger partial charge in [0, 0.05) is 31.5 Å². The van der Waals surface area contributed by atoms with Crippen molar-refractivity contribution in [1.82, 2.24) is 14.8 Å². The predicted octanol–water partition coefficient (Wildman–Crippen LogP) is 5.14. The summed E-state index contributed by atoms with van der Waals surface area (Å²) < 4.78 is 0. The number of carbonyl (C=O) groups is 1. The van der Waals surface area contributed by atoms with E-state index in [4.69, 9.17) is 28.9 Å². The summed E-state index contributed by atoms with van der Waals surface area (Å²) in [7, 11) is 0. The van der Waals surface area contributed by atoms with Gasteiger partial charge in [0.25, 0.3) is 0 Å². The highest BCUT2D eigenvalue weighted by molar-refractivity contribution is 6.42. The number of pyridine rings is 1. The Morgan fingerprint density at radius 2 is 1.78 bits per heavy atom. The zero-order valence-electron chi connectivity index (χ0n) is 17.9. The van der Waals surface area contributed by atoms with Crippen molar-refractivity contribution in [2.45, 2.75) is 38.3 Å². The van der Waals surface area contributed by atoms with E-state index in [1.54, 1.807) is 12.3 Å². The Balaban J connectivity index is 0.00000181. The number of amides is 1. The smallest absolute Gasteiger partial charge is 0.229 e. The zero-order valence-corrected chi connectivity index (χ0v) is 21.0. The third-order valence-electron chi connectivity index (χ3n) is 6.64. The summed E-state index contributed by atoms with van der Waals surface area (Å²) in [6, 6.07) is 9.48. The molecule has 2 fully saturated rings. The molecule has 176 valence electrons. The van der Waals surface area contributed by atoms with Crippen LogP contribution < -0.4 is 5.73 Å². The first-order valence-electron chi connectivity index (χ1n) is 10.6. The van der Waals surface area contributed by atoms with Gasteiger partial charge in [-0.1, -0.05) is 35.3 Å². The van der Waals surface area contributed by atoms with Gasteiger partial charge in [0.1, 0.15) is 0 Å². The average molecular weight is 520 g/mol. The van der Waals surface area contributed by atoms with E-state index in [1.165, 1.54) is 0 Å². The van der Waals surface area contributed by atoms with E-state index in [1.807, 2.05) is 35.4 Å². The number of halogens is 4. The molecule has 9 heteroatoms. The van der Waals surface area contributed by atoms with Crippen LogP contribution in [0.25, 0.3) is 0 Å². The molecular weight excluding hydrogens is 490 g/mol. The Bertz CT molecular complexity index is 891. The average Bonchev–Trinajstić information content (AvgIpc) is 3.05. The summed E-state index contributed by atoms with van der Waals surface area (Å²) in [4.78, 5) is 21.7. The topological polar surface area (TPSA) is 62.5 Å². The molecule has 1 unspecified atom stereocenters. The second-order valence-corrected chi connectivity index (χ2v) is 9.34. The number of nitrogens with two attached hydrogens (primary N) is 1. The first-order chi connectivity index (χ1) is 14.5. The molecular formula is C23H30Cl4N4O. The van der Waals surface area contributed by atoms with Gasteiger partial charge in [-0.25, -0.2) is 0 Å². The van der Waals surface area contributed by atoms with Crippen molar-refractivity contribution in [3.63, 3.8) is 0 Å². The second kappa shape index (κ2) is 11.9. The van der Waals surface area contributed by atoms with Crippen LogP contribution in [0.3, 0.4) is 0 Å². The third-order valence-corrected chi connectivity index (χ3v) is 7.38. The molecule has 1 spiro atoms. The highest BCUT2D eigenvalue weighted by atomic mass is 35.5. The van der Waals surface area contributed by atoms with E-state index < -0.39 is 0 Å². The first-order valence-corrected chi connectivity index (χ1v) is 11.3. The van der Waals surface area contributed by atoms with Crippen molar-refractivity contribution in [3.05, 3.63) is 63.9 Å². The van der Waals surface area contributed by atoms with Crippen LogP contribution in [-0.4, -0.2) is 46.9 Å². The number of nitrogens with zero attached hydrogens (tertiary/aromatic N) is 3. The fourth-order valence-corrected chi connectivity index (χ4v) is 4.96. The summed E-state index contributed by atoms with van der Waals surface area (Å²) in [6.45, 7) is 4.32. The van der Waals surface area contributed by atoms with Crippen molar-refractivity contribution in [2.75, 3.05) is 26.2 Å². The molecule has 1 amide bonds. The van der Waals surface area contributed by atoms with E-state index in [2.05, 4.69) is 9.88 Å². The standard InChI is InChI=1S/C23H28Cl2N4O.2ClH/c24-19-4-3-18(14-20(19)25)21(26)5-10-28-11-6-23(7-12-28)8-13-29(22(23)30)16-17-2-1-9-27-15-17;;/h1-4,9,14-15,21H,5-8,10-13,16,26H2;2*1H. The van der Waals surface area contributed by atoms with Gasteiger partial charge in [0.15, 0.2) is 0 Å². The Labute approximate surface area is 212 Å². The van der Waals surface area contributed by atoms with Crippen LogP contribution in [0, 0.1) is 5.41 Å². The molecule has 2 aromatic rings. The quantitative estimate of drug-likeness (QED) is 0.574. The highest BCUT2D eigenvalue weighted by Crippen LogP contribution is 2.42. The molecule has 4 rings (SSSR count). The number of carbonyl (C=O) groups excluding carboxylic acids is 1. The van der Waals surface area contributed by atoms with Crippen molar-refractivity contribution in [1.29, 1.82) is 0 Å². The van der Waals surface area contributed by atoms with Crippen molar-refractivity contribution in [3.8, 4) is 0 Å². The molecule has 2 aliphatic heterocycles. The fourth-order valence-electron chi connectivity index (χ4n) is 4.66. The molecule has 2 aliphatic rings. The largest absolute Gasteiger partial charge is 0.338 e. The molecule has 1 atom stereocenters. The van der Waals surface area contributed by atoms with Crippen molar-refractivity contribution >= 4 is 53.9 Å². The van der Waals surface area contributed by atoms with E-state index >= 15 is 0 Å². The van der Waals surface area contributed by atoms with Crippen LogP contribution in [0.1, 0.15) is 42.9 Å². The maximum Gasteiger partial charge on any atom is 0.229 e. The van der Waals surface area contributed by atoms with Gasteiger partial charge < -0.3 is 15.5 Å². The first kappa shape index (κ1) is 27.2. The number of rotatable bonds is 6. The van der Waals surface area contributed by atoms with Crippen molar-refractivity contribution < 1.29 is 4.79 Å². The number of aromatic nitrogens is 1. The molecule has 0 saturated carbocycles. The Morgan fingerprint density at radius 1 is 1.06 bits per heavy atom. The number of likely N-dealkylation sites (tertiary alicyclic amines) is 2. The van der Waals surface area contributed by atoms with Crippen LogP contribution in [0.5, 0.6) is 0 Å². The van der Waals surface area contributed by atoms with Gasteiger partial charge in [-0.3, -0.25) is 9.78 Å². The lowest BCUT2D eigenvalue weighted by molar-refractivity contribution is -0.138. The monoisotopic (exact) mass is 518 g/mol. The maximum absolute atomic E-state index is 13.1. The highest BCUT2D eigenvalue weighted by Gasteiger charge is 2.47. The van der Waals surface area contributed by atoms with Crippen LogP contribution in [0.4, 0.5) is 0 Å². The number of piperidine rings is 1. The predicted molar refractivity (Wildman–Crippen MR) is 135 cm³/mol. The molecule has 0 aliphatic carbocycles. The molecule has 32 heavy (non-hydrogen) atoms. The molecule has 5 nitrogen and oxygen atoms in total. The number of hydrogen-bond acceptors (Lipinski definition) is 4. The summed E-state index contributed by atoms with van der Waals surface area (Å²) in [5, 5.41) is 1.09. The normalized spacial score (nSPS) is 18.8. The zero-order chi connectivity index (χ0) is 21.1. The molecule has 1 aromatic heterocycles. The van der Waals surface area contributed by atoms with Gasteiger partial charge in [-0.2, -0.15) is 0 Å². The Hall–Kier alpha value is -1.08. The number of benzene rings is 1. The third kappa shape index (κ3) is 6.07. The van der Waals surface area contributed by atoms with Gasteiger partial charge in [0.05, 0.1) is 15.5 Å². The van der Waals surface area contributed by atoms with E-state index in [-0.39, 0.29) is 36.3 Å². The molecule has 0 radical (unpaired) electrons. The van der Waals surface area contributed by atoms with Gasteiger partial charge in [-0.05, 0) is 74.6 Å². The summed E-state index contributed by atoms with van der Waals surface area (Å²) >= 11 is 12.1. The van der Waals surface area contributed by atoms with E-state index in [9.17, 15) is 4.79 Å². The van der Waals surface area contributed by atoms with Gasteiger partial charge >= 0.3 is 0 Å². The molecule has 2 saturated heterocycles. The summed E-state index contributed by atoms with van der Waals surface area (Å²) in [5.74, 6) is 0.318. The van der Waals surface area contributed by atoms with Crippen LogP contribution >= 0.6 is 48.0 Å². The lowest BCUT2D eigenvalue weighted by Gasteiger charge is -2.38. The van der Waals surface area contributed by atoms with Gasteiger partial charge in [-0.15, -0.1) is 24.8 Å². The van der Waals surface area contributed by atoms with Crippen molar-refractivity contribution in [2.24, 2.45) is 11.1 Å². The molecule has 2 N–H and O–H groups in total. The maximum atomic E-state index is 13.1. The minimum atomic E-state index is -0.176. The van der Waals surface area contributed by atoms with Crippen LogP contribution in [0.2, 0.25) is 10.0 Å². The minimum Gasteiger partial charge on any atom is -0.338 e. The summed E-state index contributed by atoms with van der Waals surface area (Å²) in [5.41, 5.74) is 8.29. The fraction of sp³-hybridized carbons (Fsp3) is 0.478. The van der Waals surface area contributed by atoms with Crippen LogP contribution in [-0.2, 0) is 11.3 Å².